The molecule has 1 aliphatic carbocycles. The average Bonchev–Trinajstić information content (AvgIpc) is 2.74. The summed E-state index contributed by atoms with van der Waals surface area (Å²) >= 11 is 0. The van der Waals surface area contributed by atoms with Crippen LogP contribution in [0.3, 0.4) is 0 Å². The second-order valence-electron chi connectivity index (χ2n) is 5.36. The first-order chi connectivity index (χ1) is 8.58. The van der Waals surface area contributed by atoms with Crippen molar-refractivity contribution < 1.29 is 19.1 Å². The van der Waals surface area contributed by atoms with Crippen molar-refractivity contribution in [3.8, 4) is 0 Å². The molecule has 1 aliphatic heterocycles. The minimum absolute atomic E-state index is 0.00104. The Hall–Kier alpha value is -1.26. The van der Waals surface area contributed by atoms with E-state index in [1.807, 2.05) is 0 Å². The fourth-order valence-corrected chi connectivity index (χ4v) is 2.68. The molecule has 102 valence electrons. The molecule has 1 heterocycles. The Kier molecular flexibility index (Phi) is 4.09. The van der Waals surface area contributed by atoms with Crippen LogP contribution in [0.4, 0.5) is 4.79 Å². The van der Waals surface area contributed by atoms with Crippen LogP contribution in [0.15, 0.2) is 0 Å². The quantitative estimate of drug-likeness (QED) is 0.708. The van der Waals surface area contributed by atoms with E-state index in [0.717, 1.165) is 19.3 Å². The standard InChI is InChI=1S/C13H21NO4/c1-9-4-3-5-10(8-9)18-13(16)14(2)11-6-7-17-12(11)15/h9-11H,3-8H2,1-2H3/t9-,10+,11+/m1/s1. The molecular formula is C13H21NO4. The lowest BCUT2D eigenvalue weighted by Crippen LogP contribution is -2.42. The molecule has 0 bridgehead atoms. The Balaban J connectivity index is 1.85. The van der Waals surface area contributed by atoms with Gasteiger partial charge in [0.1, 0.15) is 12.1 Å². The third-order valence-corrected chi connectivity index (χ3v) is 3.82. The number of esters is 1. The summed E-state index contributed by atoms with van der Waals surface area (Å²) in [5, 5.41) is 0. The topological polar surface area (TPSA) is 55.8 Å². The third kappa shape index (κ3) is 2.94. The predicted molar refractivity (Wildman–Crippen MR) is 65.0 cm³/mol. The summed E-state index contributed by atoms with van der Waals surface area (Å²) in [5.74, 6) is 0.282. The van der Waals surface area contributed by atoms with Crippen LogP contribution in [0.1, 0.15) is 39.0 Å². The molecule has 2 aliphatic rings. The Bertz CT molecular complexity index is 331. The molecule has 1 saturated heterocycles. The SMILES string of the molecule is C[C@@H]1CCC[C@H](OC(=O)N(C)[C@H]2CCOC2=O)C1. The van der Waals surface area contributed by atoms with Crippen molar-refractivity contribution in [2.24, 2.45) is 5.92 Å². The number of amides is 1. The van der Waals surface area contributed by atoms with Gasteiger partial charge in [0.2, 0.25) is 0 Å². The zero-order chi connectivity index (χ0) is 13.1. The third-order valence-electron chi connectivity index (χ3n) is 3.82. The highest BCUT2D eigenvalue weighted by Gasteiger charge is 2.34. The first-order valence-corrected chi connectivity index (χ1v) is 6.68. The summed E-state index contributed by atoms with van der Waals surface area (Å²) in [7, 11) is 1.60. The molecule has 0 spiro atoms. The molecule has 3 atom stereocenters. The predicted octanol–water partition coefficient (Wildman–Crippen LogP) is 1.95. The number of cyclic esters (lactones) is 1. The molecule has 0 unspecified atom stereocenters. The van der Waals surface area contributed by atoms with Crippen molar-refractivity contribution >= 4 is 12.1 Å². The van der Waals surface area contributed by atoms with Crippen LogP contribution in [0.25, 0.3) is 0 Å². The van der Waals surface area contributed by atoms with E-state index in [1.165, 1.54) is 11.3 Å². The molecule has 0 aromatic carbocycles. The highest BCUT2D eigenvalue weighted by Crippen LogP contribution is 2.26. The van der Waals surface area contributed by atoms with E-state index in [0.29, 0.717) is 18.9 Å². The van der Waals surface area contributed by atoms with Gasteiger partial charge in [-0.1, -0.05) is 13.3 Å². The molecule has 5 heteroatoms. The maximum absolute atomic E-state index is 11.9. The van der Waals surface area contributed by atoms with Crippen LogP contribution < -0.4 is 0 Å². The number of nitrogens with zero attached hydrogens (tertiary/aromatic N) is 1. The Morgan fingerprint density at radius 3 is 2.78 bits per heavy atom. The summed E-state index contributed by atoms with van der Waals surface area (Å²) in [4.78, 5) is 24.7. The van der Waals surface area contributed by atoms with E-state index in [9.17, 15) is 9.59 Å². The van der Waals surface area contributed by atoms with Gasteiger partial charge in [-0.25, -0.2) is 9.59 Å². The molecule has 5 nitrogen and oxygen atoms in total. The number of carbonyl (C=O) groups is 2. The maximum Gasteiger partial charge on any atom is 0.410 e. The molecule has 0 aromatic rings. The van der Waals surface area contributed by atoms with Crippen molar-refractivity contribution in [1.82, 2.24) is 4.90 Å². The summed E-state index contributed by atoms with van der Waals surface area (Å²) in [6.45, 7) is 2.57. The highest BCUT2D eigenvalue weighted by molar-refractivity contribution is 5.82. The summed E-state index contributed by atoms with van der Waals surface area (Å²) in [6.07, 6.45) is 4.32. The van der Waals surface area contributed by atoms with Gasteiger partial charge in [-0.05, 0) is 25.2 Å². The Morgan fingerprint density at radius 1 is 1.39 bits per heavy atom. The van der Waals surface area contributed by atoms with Crippen LogP contribution in [0, 0.1) is 5.92 Å². The van der Waals surface area contributed by atoms with E-state index in [-0.39, 0.29) is 12.1 Å². The monoisotopic (exact) mass is 255 g/mol. The van der Waals surface area contributed by atoms with Gasteiger partial charge in [-0.15, -0.1) is 0 Å². The van der Waals surface area contributed by atoms with Gasteiger partial charge in [-0.3, -0.25) is 4.90 Å². The number of likely N-dealkylation sites (N-methyl/N-ethyl adjacent to an activating group) is 1. The molecule has 0 aromatic heterocycles. The van der Waals surface area contributed by atoms with Crippen molar-refractivity contribution in [1.29, 1.82) is 0 Å². The van der Waals surface area contributed by atoms with Crippen molar-refractivity contribution in [2.75, 3.05) is 13.7 Å². The lowest BCUT2D eigenvalue weighted by molar-refractivity contribution is -0.141. The number of rotatable bonds is 2. The van der Waals surface area contributed by atoms with Crippen LogP contribution in [-0.2, 0) is 14.3 Å². The van der Waals surface area contributed by atoms with E-state index >= 15 is 0 Å². The van der Waals surface area contributed by atoms with E-state index in [1.54, 1.807) is 7.05 Å². The molecule has 2 fully saturated rings. The second-order valence-corrected chi connectivity index (χ2v) is 5.36. The molecule has 1 saturated carbocycles. The number of hydrogen-bond acceptors (Lipinski definition) is 4. The maximum atomic E-state index is 11.9. The van der Waals surface area contributed by atoms with Crippen molar-refractivity contribution in [3.63, 3.8) is 0 Å². The van der Waals surface area contributed by atoms with E-state index in [2.05, 4.69) is 6.92 Å². The van der Waals surface area contributed by atoms with Gasteiger partial charge in [0.15, 0.2) is 0 Å². The van der Waals surface area contributed by atoms with E-state index in [4.69, 9.17) is 9.47 Å². The summed E-state index contributed by atoms with van der Waals surface area (Å²) in [6, 6.07) is -0.474. The summed E-state index contributed by atoms with van der Waals surface area (Å²) < 4.78 is 10.3. The smallest absolute Gasteiger partial charge is 0.410 e. The fraction of sp³-hybridized carbons (Fsp3) is 0.846. The zero-order valence-electron chi connectivity index (χ0n) is 11.1. The van der Waals surface area contributed by atoms with E-state index < -0.39 is 12.1 Å². The van der Waals surface area contributed by atoms with Crippen LogP contribution in [0.5, 0.6) is 0 Å². The minimum atomic E-state index is -0.474. The van der Waals surface area contributed by atoms with Gasteiger partial charge in [0.05, 0.1) is 6.61 Å². The normalized spacial score (nSPS) is 31.9. The fourth-order valence-electron chi connectivity index (χ4n) is 2.68. The number of carbonyl (C=O) groups excluding carboxylic acids is 2. The van der Waals surface area contributed by atoms with Crippen molar-refractivity contribution in [3.05, 3.63) is 0 Å². The average molecular weight is 255 g/mol. The van der Waals surface area contributed by atoms with Gasteiger partial charge < -0.3 is 9.47 Å². The number of hydrogen-bond donors (Lipinski definition) is 0. The molecule has 1 amide bonds. The molecule has 0 N–H and O–H groups in total. The van der Waals surface area contributed by atoms with Crippen LogP contribution in [-0.4, -0.2) is 42.8 Å². The van der Waals surface area contributed by atoms with Gasteiger partial charge >= 0.3 is 12.1 Å². The van der Waals surface area contributed by atoms with Crippen LogP contribution in [0.2, 0.25) is 0 Å². The Labute approximate surface area is 107 Å². The lowest BCUT2D eigenvalue weighted by Gasteiger charge is -2.29. The van der Waals surface area contributed by atoms with Gasteiger partial charge in [0, 0.05) is 13.5 Å². The highest BCUT2D eigenvalue weighted by atomic mass is 16.6. The first-order valence-electron chi connectivity index (χ1n) is 6.68. The van der Waals surface area contributed by atoms with Gasteiger partial charge in [0.25, 0.3) is 0 Å². The largest absolute Gasteiger partial charge is 0.464 e. The molecule has 18 heavy (non-hydrogen) atoms. The Morgan fingerprint density at radius 2 is 2.17 bits per heavy atom. The second kappa shape index (κ2) is 5.59. The van der Waals surface area contributed by atoms with Gasteiger partial charge in [-0.2, -0.15) is 0 Å². The first kappa shape index (κ1) is 13.2. The lowest BCUT2D eigenvalue weighted by atomic mass is 9.89. The molecule has 0 radical (unpaired) electrons. The number of ether oxygens (including phenoxy) is 2. The van der Waals surface area contributed by atoms with Crippen molar-refractivity contribution in [2.45, 2.75) is 51.2 Å². The molecular weight excluding hydrogens is 234 g/mol. The molecule has 2 rings (SSSR count). The zero-order valence-corrected chi connectivity index (χ0v) is 11.1. The minimum Gasteiger partial charge on any atom is -0.464 e. The summed E-state index contributed by atoms with van der Waals surface area (Å²) in [5.41, 5.74) is 0. The van der Waals surface area contributed by atoms with Crippen LogP contribution >= 0.6 is 0 Å².